The van der Waals surface area contributed by atoms with Gasteiger partial charge in [0, 0.05) is 26.9 Å². The average molecular weight is 372 g/mol. The number of ether oxygens (including phenoxy) is 1. The van der Waals surface area contributed by atoms with Crippen LogP contribution in [-0.2, 0) is 18.3 Å². The van der Waals surface area contributed by atoms with Crippen molar-refractivity contribution in [2.24, 2.45) is 7.05 Å². The van der Waals surface area contributed by atoms with E-state index in [4.69, 9.17) is 4.74 Å². The second-order valence-corrected chi connectivity index (χ2v) is 6.94. The van der Waals surface area contributed by atoms with Crippen LogP contribution in [0.3, 0.4) is 0 Å². The molecule has 0 saturated carbocycles. The Morgan fingerprint density at radius 1 is 1.35 bits per heavy atom. The van der Waals surface area contributed by atoms with E-state index in [1.54, 1.807) is 32.2 Å². The fourth-order valence-electron chi connectivity index (χ4n) is 2.70. The fourth-order valence-corrected chi connectivity index (χ4v) is 3.80. The Balaban J connectivity index is 1.98. The summed E-state index contributed by atoms with van der Waals surface area (Å²) in [6, 6.07) is 5.60. The molecule has 0 aliphatic carbocycles. The summed E-state index contributed by atoms with van der Waals surface area (Å²) >= 11 is 1.25. The summed E-state index contributed by atoms with van der Waals surface area (Å²) in [5.41, 5.74) is 1.33. The average Bonchev–Trinajstić information content (AvgIpc) is 2.99. The molecule has 3 aromatic heterocycles. The zero-order chi connectivity index (χ0) is 18.7. The van der Waals surface area contributed by atoms with E-state index in [9.17, 15) is 9.59 Å². The lowest BCUT2D eigenvalue weighted by atomic mass is 10.2. The number of aromatic nitrogens is 3. The van der Waals surface area contributed by atoms with Crippen molar-refractivity contribution < 1.29 is 9.53 Å². The van der Waals surface area contributed by atoms with Crippen LogP contribution in [0.2, 0.25) is 0 Å². The minimum atomic E-state index is -0.143. The highest BCUT2D eigenvalue weighted by Crippen LogP contribution is 2.28. The molecule has 0 N–H and O–H groups in total. The molecule has 0 radical (unpaired) electrons. The smallest absolute Gasteiger partial charge is 0.264 e. The summed E-state index contributed by atoms with van der Waals surface area (Å²) in [5, 5.41) is 0.507. The summed E-state index contributed by atoms with van der Waals surface area (Å²) in [5.74, 6) is -0.143. The van der Waals surface area contributed by atoms with Crippen LogP contribution in [0.15, 0.2) is 35.5 Å². The highest BCUT2D eigenvalue weighted by atomic mass is 32.1. The number of methoxy groups -OCH3 is 1. The Morgan fingerprint density at radius 2 is 2.15 bits per heavy atom. The molecular formula is C18H20N4O3S. The Morgan fingerprint density at radius 3 is 2.85 bits per heavy atom. The second-order valence-electron chi connectivity index (χ2n) is 5.94. The predicted octanol–water partition coefficient (Wildman–Crippen LogP) is 1.99. The summed E-state index contributed by atoms with van der Waals surface area (Å²) in [6.07, 6.45) is 3.18. The van der Waals surface area contributed by atoms with E-state index < -0.39 is 0 Å². The number of pyridine rings is 1. The van der Waals surface area contributed by atoms with E-state index >= 15 is 0 Å². The molecule has 0 aliphatic heterocycles. The number of hydrogen-bond donors (Lipinski definition) is 0. The van der Waals surface area contributed by atoms with E-state index in [1.165, 1.54) is 22.2 Å². The lowest BCUT2D eigenvalue weighted by molar-refractivity contribution is 0.0682. The highest BCUT2D eigenvalue weighted by molar-refractivity contribution is 7.20. The third-order valence-corrected chi connectivity index (χ3v) is 5.32. The molecule has 3 rings (SSSR count). The Hall–Kier alpha value is -2.58. The van der Waals surface area contributed by atoms with Gasteiger partial charge in [0.05, 0.1) is 35.4 Å². The quantitative estimate of drug-likeness (QED) is 0.661. The van der Waals surface area contributed by atoms with Gasteiger partial charge < -0.3 is 14.2 Å². The van der Waals surface area contributed by atoms with Crippen LogP contribution >= 0.6 is 11.3 Å². The summed E-state index contributed by atoms with van der Waals surface area (Å²) in [6.45, 7) is 3.03. The molecule has 0 saturated heterocycles. The van der Waals surface area contributed by atoms with E-state index in [-0.39, 0.29) is 11.5 Å². The van der Waals surface area contributed by atoms with Crippen molar-refractivity contribution in [1.82, 2.24) is 19.4 Å². The molecule has 0 aromatic carbocycles. The standard InChI is InChI=1S/C18H20N4O3S/c1-12-14-16(20-11-21(2)17(14)23)26-15(12)18(24)22(8-9-25-3)10-13-6-4-5-7-19-13/h4-7,11H,8-10H2,1-3H3. The first-order valence-electron chi connectivity index (χ1n) is 8.15. The van der Waals surface area contributed by atoms with Gasteiger partial charge in [-0.2, -0.15) is 0 Å². The van der Waals surface area contributed by atoms with E-state index in [0.717, 1.165) is 5.69 Å². The Bertz CT molecular complexity index is 981. The van der Waals surface area contributed by atoms with Crippen LogP contribution in [0.1, 0.15) is 20.9 Å². The molecule has 1 amide bonds. The number of nitrogens with zero attached hydrogens (tertiary/aromatic N) is 4. The minimum absolute atomic E-state index is 0.143. The van der Waals surface area contributed by atoms with Gasteiger partial charge in [-0.25, -0.2) is 4.98 Å². The lowest BCUT2D eigenvalue weighted by Crippen LogP contribution is -2.33. The molecule has 0 bridgehead atoms. The summed E-state index contributed by atoms with van der Waals surface area (Å²) in [7, 11) is 3.25. The van der Waals surface area contributed by atoms with Gasteiger partial charge in [-0.1, -0.05) is 6.07 Å². The number of carbonyl (C=O) groups excluding carboxylic acids is 1. The first-order chi connectivity index (χ1) is 12.5. The summed E-state index contributed by atoms with van der Waals surface area (Å²) < 4.78 is 6.57. The number of fused-ring (bicyclic) bond motifs is 1. The number of rotatable bonds is 6. The Labute approximate surface area is 154 Å². The molecule has 0 atom stereocenters. The fraction of sp³-hybridized carbons (Fsp3) is 0.333. The van der Waals surface area contributed by atoms with Crippen molar-refractivity contribution >= 4 is 27.5 Å². The SMILES string of the molecule is COCCN(Cc1ccccn1)C(=O)c1sc2ncn(C)c(=O)c2c1C. The van der Waals surface area contributed by atoms with Gasteiger partial charge >= 0.3 is 0 Å². The number of hydrogen-bond acceptors (Lipinski definition) is 6. The highest BCUT2D eigenvalue weighted by Gasteiger charge is 2.24. The molecule has 7 nitrogen and oxygen atoms in total. The maximum absolute atomic E-state index is 13.2. The predicted molar refractivity (Wildman–Crippen MR) is 100 cm³/mol. The second kappa shape index (κ2) is 7.76. The van der Waals surface area contributed by atoms with Crippen LogP contribution in [-0.4, -0.2) is 45.6 Å². The first-order valence-corrected chi connectivity index (χ1v) is 8.97. The normalized spacial score (nSPS) is 11.0. The van der Waals surface area contributed by atoms with Gasteiger partial charge in [0.25, 0.3) is 11.5 Å². The van der Waals surface area contributed by atoms with Crippen LogP contribution in [0, 0.1) is 6.92 Å². The number of amides is 1. The third kappa shape index (κ3) is 3.51. The maximum atomic E-state index is 13.2. The zero-order valence-corrected chi connectivity index (χ0v) is 15.7. The molecular weight excluding hydrogens is 352 g/mol. The zero-order valence-electron chi connectivity index (χ0n) is 14.9. The van der Waals surface area contributed by atoms with Gasteiger partial charge in [-0.15, -0.1) is 11.3 Å². The van der Waals surface area contributed by atoms with Gasteiger partial charge in [-0.05, 0) is 24.6 Å². The molecule has 3 heterocycles. The lowest BCUT2D eigenvalue weighted by Gasteiger charge is -2.21. The van der Waals surface area contributed by atoms with Crippen LogP contribution in [0.25, 0.3) is 10.2 Å². The van der Waals surface area contributed by atoms with E-state index in [0.29, 0.717) is 40.4 Å². The van der Waals surface area contributed by atoms with Crippen molar-refractivity contribution in [2.75, 3.05) is 20.3 Å². The van der Waals surface area contributed by atoms with Gasteiger partial charge in [-0.3, -0.25) is 14.6 Å². The summed E-state index contributed by atoms with van der Waals surface area (Å²) in [4.78, 5) is 36.9. The van der Waals surface area contributed by atoms with Gasteiger partial charge in [0.15, 0.2) is 0 Å². The molecule has 8 heteroatoms. The van der Waals surface area contributed by atoms with Crippen molar-refractivity contribution in [2.45, 2.75) is 13.5 Å². The van der Waals surface area contributed by atoms with Crippen molar-refractivity contribution in [3.8, 4) is 0 Å². The largest absolute Gasteiger partial charge is 0.383 e. The molecule has 136 valence electrons. The molecule has 0 aliphatic rings. The molecule has 0 unspecified atom stereocenters. The number of thiophene rings is 1. The first kappa shape index (κ1) is 18.2. The number of aryl methyl sites for hydroxylation is 2. The molecule has 0 fully saturated rings. The van der Waals surface area contributed by atoms with Crippen LogP contribution in [0.4, 0.5) is 0 Å². The van der Waals surface area contributed by atoms with Crippen molar-refractivity contribution in [3.63, 3.8) is 0 Å². The maximum Gasteiger partial charge on any atom is 0.264 e. The Kier molecular flexibility index (Phi) is 5.43. The van der Waals surface area contributed by atoms with Crippen molar-refractivity contribution in [1.29, 1.82) is 0 Å². The van der Waals surface area contributed by atoms with E-state index in [2.05, 4.69) is 9.97 Å². The number of carbonyl (C=O) groups is 1. The monoisotopic (exact) mass is 372 g/mol. The molecule has 3 aromatic rings. The topological polar surface area (TPSA) is 77.3 Å². The van der Waals surface area contributed by atoms with Crippen LogP contribution < -0.4 is 5.56 Å². The molecule has 0 spiro atoms. The van der Waals surface area contributed by atoms with Gasteiger partial charge in [0.1, 0.15) is 4.83 Å². The van der Waals surface area contributed by atoms with Crippen molar-refractivity contribution in [3.05, 3.63) is 57.2 Å². The van der Waals surface area contributed by atoms with Gasteiger partial charge in [0.2, 0.25) is 0 Å². The third-order valence-electron chi connectivity index (χ3n) is 4.14. The minimum Gasteiger partial charge on any atom is -0.383 e. The van der Waals surface area contributed by atoms with Crippen LogP contribution in [0.5, 0.6) is 0 Å². The molecule has 26 heavy (non-hydrogen) atoms. The van der Waals surface area contributed by atoms with E-state index in [1.807, 2.05) is 18.2 Å².